The smallest absolute Gasteiger partial charge is 0.244 e. The monoisotopic (exact) mass is 383 g/mol. The van der Waals surface area contributed by atoms with Crippen molar-refractivity contribution in [1.29, 1.82) is 0 Å². The van der Waals surface area contributed by atoms with Gasteiger partial charge in [-0.15, -0.1) is 0 Å². The van der Waals surface area contributed by atoms with Gasteiger partial charge in [0.1, 0.15) is 6.04 Å². The van der Waals surface area contributed by atoms with E-state index in [1.165, 1.54) is 0 Å². The predicted octanol–water partition coefficient (Wildman–Crippen LogP) is 0.186. The summed E-state index contributed by atoms with van der Waals surface area (Å²) in [5, 5.41) is 16.2. The van der Waals surface area contributed by atoms with Crippen LogP contribution in [-0.2, 0) is 19.1 Å². The van der Waals surface area contributed by atoms with Gasteiger partial charge in [0.05, 0.1) is 12.0 Å². The van der Waals surface area contributed by atoms with E-state index in [9.17, 15) is 19.5 Å². The summed E-state index contributed by atoms with van der Waals surface area (Å²) in [6.07, 6.45) is 2.56. The molecule has 1 unspecified atom stereocenters. The van der Waals surface area contributed by atoms with Gasteiger partial charge in [0.25, 0.3) is 0 Å². The van der Waals surface area contributed by atoms with E-state index in [-0.39, 0.29) is 36.1 Å². The van der Waals surface area contributed by atoms with Crippen LogP contribution in [0.25, 0.3) is 0 Å². The highest BCUT2D eigenvalue weighted by Crippen LogP contribution is 2.24. The number of nitrogens with zero attached hydrogens (tertiary/aromatic N) is 1. The van der Waals surface area contributed by atoms with E-state index in [0.717, 1.165) is 0 Å². The lowest BCUT2D eigenvalue weighted by Gasteiger charge is -2.33. The summed E-state index contributed by atoms with van der Waals surface area (Å²) in [5.74, 6) is -0.144. The summed E-state index contributed by atoms with van der Waals surface area (Å²) in [6.45, 7) is 5.48. The molecule has 27 heavy (non-hydrogen) atoms. The molecule has 0 radical (unpaired) electrons. The molecule has 0 spiro atoms. The summed E-state index contributed by atoms with van der Waals surface area (Å²) in [6, 6.07) is -0.522. The molecule has 8 heteroatoms. The van der Waals surface area contributed by atoms with Gasteiger partial charge in [0.15, 0.2) is 0 Å². The fourth-order valence-corrected chi connectivity index (χ4v) is 3.57. The average Bonchev–Trinajstić information content (AvgIpc) is 3.03. The zero-order chi connectivity index (χ0) is 20.0. The Balaban J connectivity index is 1.81. The molecule has 0 aliphatic carbocycles. The van der Waals surface area contributed by atoms with Gasteiger partial charge >= 0.3 is 0 Å². The summed E-state index contributed by atoms with van der Waals surface area (Å²) in [4.78, 5) is 37.7. The third-order valence-electron chi connectivity index (χ3n) is 5.51. The maximum atomic E-state index is 12.4. The molecule has 2 fully saturated rings. The van der Waals surface area contributed by atoms with Crippen LogP contribution in [0.5, 0.6) is 0 Å². The van der Waals surface area contributed by atoms with Crippen molar-refractivity contribution in [2.45, 2.75) is 70.1 Å². The van der Waals surface area contributed by atoms with Crippen molar-refractivity contribution in [2.24, 2.45) is 5.92 Å². The highest BCUT2D eigenvalue weighted by molar-refractivity contribution is 5.90. The second-order valence-electron chi connectivity index (χ2n) is 8.14. The molecule has 8 nitrogen and oxygen atoms in total. The van der Waals surface area contributed by atoms with Crippen LogP contribution in [0.15, 0.2) is 0 Å². The first kappa shape index (κ1) is 21.6. The molecule has 0 bridgehead atoms. The van der Waals surface area contributed by atoms with Crippen LogP contribution in [0.2, 0.25) is 0 Å². The van der Waals surface area contributed by atoms with Gasteiger partial charge in [-0.1, -0.05) is 13.8 Å². The van der Waals surface area contributed by atoms with Crippen molar-refractivity contribution in [2.75, 3.05) is 26.8 Å². The van der Waals surface area contributed by atoms with E-state index in [0.29, 0.717) is 51.9 Å². The van der Waals surface area contributed by atoms with Crippen LogP contribution in [0.3, 0.4) is 0 Å². The molecule has 2 aliphatic heterocycles. The predicted molar refractivity (Wildman–Crippen MR) is 99.8 cm³/mol. The van der Waals surface area contributed by atoms with Crippen LogP contribution in [0, 0.1) is 5.92 Å². The minimum atomic E-state index is -0.989. The Hall–Kier alpha value is -1.67. The zero-order valence-corrected chi connectivity index (χ0v) is 16.6. The van der Waals surface area contributed by atoms with Gasteiger partial charge < -0.3 is 25.4 Å². The van der Waals surface area contributed by atoms with Crippen LogP contribution in [0.4, 0.5) is 0 Å². The minimum absolute atomic E-state index is 0.0719. The Bertz CT molecular complexity index is 545. The first-order valence-electron chi connectivity index (χ1n) is 9.84. The van der Waals surface area contributed by atoms with E-state index in [1.54, 1.807) is 11.9 Å². The lowest BCUT2D eigenvalue weighted by atomic mass is 9.90. The van der Waals surface area contributed by atoms with Crippen molar-refractivity contribution < 1.29 is 24.2 Å². The molecule has 2 aliphatic rings. The molecule has 0 aromatic heterocycles. The van der Waals surface area contributed by atoms with E-state index in [1.807, 2.05) is 13.8 Å². The molecule has 0 saturated carbocycles. The van der Waals surface area contributed by atoms with Gasteiger partial charge in [-0.3, -0.25) is 14.4 Å². The van der Waals surface area contributed by atoms with Crippen LogP contribution >= 0.6 is 0 Å². The minimum Gasteiger partial charge on any atom is -0.389 e. The molecule has 3 amide bonds. The van der Waals surface area contributed by atoms with Crippen LogP contribution in [0.1, 0.15) is 52.4 Å². The van der Waals surface area contributed by atoms with E-state index >= 15 is 0 Å². The van der Waals surface area contributed by atoms with Crippen molar-refractivity contribution in [3.63, 3.8) is 0 Å². The SMILES string of the molecule is CC(C)C(CCN(C)C(=O)[C@@H]1CCC(=O)N1)NC(=O)CC1(O)CCOCC1. The first-order chi connectivity index (χ1) is 12.7. The van der Waals surface area contributed by atoms with Crippen LogP contribution < -0.4 is 10.6 Å². The van der Waals surface area contributed by atoms with Gasteiger partial charge in [-0.2, -0.15) is 0 Å². The van der Waals surface area contributed by atoms with Gasteiger partial charge in [-0.25, -0.2) is 0 Å². The fraction of sp³-hybridized carbons (Fsp3) is 0.842. The summed E-state index contributed by atoms with van der Waals surface area (Å²) < 4.78 is 5.25. The first-order valence-corrected chi connectivity index (χ1v) is 9.84. The van der Waals surface area contributed by atoms with Crippen LogP contribution in [-0.4, -0.2) is 72.2 Å². The zero-order valence-electron chi connectivity index (χ0n) is 16.6. The number of ether oxygens (including phenoxy) is 1. The lowest BCUT2D eigenvalue weighted by Crippen LogP contribution is -2.47. The molecule has 0 aromatic rings. The Morgan fingerprint density at radius 3 is 2.59 bits per heavy atom. The summed E-state index contributed by atoms with van der Waals surface area (Å²) >= 11 is 0. The van der Waals surface area contributed by atoms with Crippen molar-refractivity contribution >= 4 is 17.7 Å². The Kier molecular flexibility index (Phi) is 7.61. The van der Waals surface area contributed by atoms with E-state index in [4.69, 9.17) is 4.74 Å². The lowest BCUT2D eigenvalue weighted by molar-refractivity contribution is -0.133. The number of nitrogens with one attached hydrogen (secondary N) is 2. The number of likely N-dealkylation sites (N-methyl/N-ethyl adjacent to an activating group) is 1. The Morgan fingerprint density at radius 1 is 1.37 bits per heavy atom. The number of carbonyl (C=O) groups excluding carboxylic acids is 3. The molecule has 3 N–H and O–H groups in total. The van der Waals surface area contributed by atoms with Crippen molar-refractivity contribution in [1.82, 2.24) is 15.5 Å². The van der Waals surface area contributed by atoms with Crippen molar-refractivity contribution in [3.8, 4) is 0 Å². The number of amides is 3. The Morgan fingerprint density at radius 2 is 2.04 bits per heavy atom. The molecule has 2 heterocycles. The largest absolute Gasteiger partial charge is 0.389 e. The molecular formula is C19H33N3O5. The van der Waals surface area contributed by atoms with Gasteiger partial charge in [0, 0.05) is 52.1 Å². The number of rotatable bonds is 8. The quantitative estimate of drug-likeness (QED) is 0.554. The number of carbonyl (C=O) groups is 3. The van der Waals surface area contributed by atoms with Gasteiger partial charge in [0.2, 0.25) is 17.7 Å². The van der Waals surface area contributed by atoms with E-state index < -0.39 is 11.6 Å². The Labute approximate surface area is 161 Å². The highest BCUT2D eigenvalue weighted by atomic mass is 16.5. The topological polar surface area (TPSA) is 108 Å². The normalized spacial score (nSPS) is 23.0. The number of aliphatic hydroxyl groups is 1. The fourth-order valence-electron chi connectivity index (χ4n) is 3.57. The molecule has 0 aromatic carbocycles. The molecule has 2 rings (SSSR count). The maximum Gasteiger partial charge on any atom is 0.244 e. The van der Waals surface area contributed by atoms with E-state index in [2.05, 4.69) is 10.6 Å². The third kappa shape index (κ3) is 6.46. The average molecular weight is 383 g/mol. The molecule has 2 saturated heterocycles. The third-order valence-corrected chi connectivity index (χ3v) is 5.51. The molecular weight excluding hydrogens is 350 g/mol. The standard InChI is InChI=1S/C19H33N3O5/c1-13(2)14(20-17(24)12-19(26)7-10-27-11-8-19)6-9-22(3)18(25)15-4-5-16(23)21-15/h13-15,26H,4-12H2,1-3H3,(H,20,24)(H,21,23)/t14?,15-/m0/s1. The van der Waals surface area contributed by atoms with Gasteiger partial charge in [-0.05, 0) is 18.8 Å². The molecule has 2 atom stereocenters. The number of hydrogen-bond donors (Lipinski definition) is 3. The second kappa shape index (κ2) is 9.50. The molecule has 154 valence electrons. The van der Waals surface area contributed by atoms with Crippen molar-refractivity contribution in [3.05, 3.63) is 0 Å². The second-order valence-corrected chi connectivity index (χ2v) is 8.14. The summed E-state index contributed by atoms with van der Waals surface area (Å²) in [7, 11) is 1.72. The number of hydrogen-bond acceptors (Lipinski definition) is 5. The maximum absolute atomic E-state index is 12.4. The highest BCUT2D eigenvalue weighted by Gasteiger charge is 2.33. The summed E-state index contributed by atoms with van der Waals surface area (Å²) in [5.41, 5.74) is -0.989.